The van der Waals surface area contributed by atoms with Crippen LogP contribution < -0.4 is 10.6 Å². The number of carbonyl (C=O) groups excluding carboxylic acids is 1. The van der Waals surface area contributed by atoms with Crippen molar-refractivity contribution in [2.24, 2.45) is 0 Å². The van der Waals surface area contributed by atoms with Crippen LogP contribution in [0.4, 0.5) is 10.5 Å². The van der Waals surface area contributed by atoms with Gasteiger partial charge < -0.3 is 20.5 Å². The molecule has 0 aliphatic heterocycles. The Morgan fingerprint density at radius 1 is 1.50 bits per heavy atom. The number of rotatable bonds is 6. The van der Waals surface area contributed by atoms with Crippen LogP contribution >= 0.6 is 0 Å². The molecule has 1 heterocycles. The van der Waals surface area contributed by atoms with Crippen LogP contribution in [0.3, 0.4) is 0 Å². The summed E-state index contributed by atoms with van der Waals surface area (Å²) in [6.07, 6.45) is 1.35. The summed E-state index contributed by atoms with van der Waals surface area (Å²) in [4.78, 5) is 26.0. The zero-order chi connectivity index (χ0) is 13.4. The van der Waals surface area contributed by atoms with E-state index in [9.17, 15) is 9.59 Å². The van der Waals surface area contributed by atoms with Crippen LogP contribution in [0.25, 0.3) is 0 Å². The van der Waals surface area contributed by atoms with Gasteiger partial charge in [0.25, 0.3) is 0 Å². The summed E-state index contributed by atoms with van der Waals surface area (Å²) in [7, 11) is 0. The first kappa shape index (κ1) is 13.9. The van der Waals surface area contributed by atoms with Crippen LogP contribution in [-0.4, -0.2) is 41.8 Å². The largest absolute Gasteiger partial charge is 0.476 e. The van der Waals surface area contributed by atoms with Gasteiger partial charge in [0.15, 0.2) is 5.69 Å². The molecule has 0 unspecified atom stereocenters. The average molecular weight is 253 g/mol. The molecule has 0 bridgehead atoms. The highest BCUT2D eigenvalue weighted by Crippen LogP contribution is 2.11. The number of pyridine rings is 1. The zero-order valence-corrected chi connectivity index (χ0v) is 9.97. The molecule has 18 heavy (non-hydrogen) atoms. The Balaban J connectivity index is 2.51. The fraction of sp³-hybridized carbons (Fsp3) is 0.364. The molecule has 0 radical (unpaired) electrons. The third kappa shape index (κ3) is 4.38. The molecule has 7 nitrogen and oxygen atoms in total. The van der Waals surface area contributed by atoms with Crippen LogP contribution in [0.1, 0.15) is 17.4 Å². The first-order chi connectivity index (χ1) is 8.65. The number of aromatic carboxylic acids is 1. The van der Waals surface area contributed by atoms with E-state index in [0.717, 1.165) is 0 Å². The molecule has 2 amide bonds. The van der Waals surface area contributed by atoms with Gasteiger partial charge in [0.05, 0.1) is 12.3 Å². The van der Waals surface area contributed by atoms with Gasteiger partial charge in [0.2, 0.25) is 0 Å². The minimum Gasteiger partial charge on any atom is -0.476 e. The van der Waals surface area contributed by atoms with Crippen LogP contribution in [-0.2, 0) is 4.74 Å². The van der Waals surface area contributed by atoms with E-state index in [1.807, 2.05) is 6.92 Å². The number of hydrogen-bond acceptors (Lipinski definition) is 4. The second-order valence-electron chi connectivity index (χ2n) is 3.28. The minimum absolute atomic E-state index is 0.152. The van der Waals surface area contributed by atoms with Crippen LogP contribution in [0.5, 0.6) is 0 Å². The molecule has 0 aliphatic rings. The molecule has 0 atom stereocenters. The molecule has 0 aliphatic carbocycles. The maximum atomic E-state index is 11.5. The van der Waals surface area contributed by atoms with Gasteiger partial charge in [0.1, 0.15) is 0 Å². The summed E-state index contributed by atoms with van der Waals surface area (Å²) in [6.45, 7) is 3.19. The van der Waals surface area contributed by atoms with Crippen molar-refractivity contribution in [3.63, 3.8) is 0 Å². The lowest BCUT2D eigenvalue weighted by Crippen LogP contribution is -2.32. The van der Waals surface area contributed by atoms with E-state index in [1.54, 1.807) is 6.07 Å². The Bertz CT molecular complexity index is 423. The van der Waals surface area contributed by atoms with Crippen LogP contribution in [0.2, 0.25) is 0 Å². The molecule has 0 saturated heterocycles. The van der Waals surface area contributed by atoms with Crippen molar-refractivity contribution in [2.75, 3.05) is 25.1 Å². The highest BCUT2D eigenvalue weighted by molar-refractivity contribution is 5.98. The fourth-order valence-electron chi connectivity index (χ4n) is 1.22. The van der Waals surface area contributed by atoms with Gasteiger partial charge in [-0.05, 0) is 19.1 Å². The number of urea groups is 1. The number of carbonyl (C=O) groups is 2. The summed E-state index contributed by atoms with van der Waals surface area (Å²) in [5.74, 6) is -1.19. The van der Waals surface area contributed by atoms with E-state index in [4.69, 9.17) is 9.84 Å². The second-order valence-corrected chi connectivity index (χ2v) is 3.28. The Morgan fingerprint density at radius 3 is 2.94 bits per heavy atom. The van der Waals surface area contributed by atoms with Crippen molar-refractivity contribution in [1.82, 2.24) is 10.3 Å². The second kappa shape index (κ2) is 7.23. The quantitative estimate of drug-likeness (QED) is 0.655. The monoisotopic (exact) mass is 253 g/mol. The number of amides is 2. The van der Waals surface area contributed by atoms with E-state index in [0.29, 0.717) is 19.8 Å². The van der Waals surface area contributed by atoms with Crippen molar-refractivity contribution < 1.29 is 19.4 Å². The molecule has 0 spiro atoms. The lowest BCUT2D eigenvalue weighted by molar-refractivity contribution is 0.0691. The van der Waals surface area contributed by atoms with Gasteiger partial charge in [-0.3, -0.25) is 0 Å². The maximum Gasteiger partial charge on any atom is 0.356 e. The molecule has 1 rings (SSSR count). The average Bonchev–Trinajstić information content (AvgIpc) is 2.35. The molecule has 0 fully saturated rings. The van der Waals surface area contributed by atoms with E-state index < -0.39 is 12.0 Å². The van der Waals surface area contributed by atoms with Gasteiger partial charge in [-0.1, -0.05) is 0 Å². The molecule has 0 saturated carbocycles. The predicted molar refractivity (Wildman–Crippen MR) is 64.7 cm³/mol. The zero-order valence-electron chi connectivity index (χ0n) is 9.97. The molecule has 98 valence electrons. The van der Waals surface area contributed by atoms with E-state index >= 15 is 0 Å². The Labute approximate surface area is 104 Å². The first-order valence-electron chi connectivity index (χ1n) is 5.46. The number of hydrogen-bond donors (Lipinski definition) is 3. The summed E-state index contributed by atoms with van der Waals surface area (Å²) < 4.78 is 5.05. The van der Waals surface area contributed by atoms with Gasteiger partial charge in [0, 0.05) is 19.3 Å². The number of nitrogens with one attached hydrogen (secondary N) is 2. The van der Waals surface area contributed by atoms with Gasteiger partial charge >= 0.3 is 12.0 Å². The molecular formula is C11H15N3O4. The Hall–Kier alpha value is -2.15. The minimum atomic E-state index is -1.19. The highest BCUT2D eigenvalue weighted by Gasteiger charge is 2.12. The number of nitrogens with zero attached hydrogens (tertiary/aromatic N) is 1. The van der Waals surface area contributed by atoms with E-state index in [-0.39, 0.29) is 11.4 Å². The summed E-state index contributed by atoms with van der Waals surface area (Å²) >= 11 is 0. The van der Waals surface area contributed by atoms with Crippen molar-refractivity contribution in [2.45, 2.75) is 6.92 Å². The van der Waals surface area contributed by atoms with Gasteiger partial charge in [-0.25, -0.2) is 14.6 Å². The lowest BCUT2D eigenvalue weighted by atomic mass is 10.3. The van der Waals surface area contributed by atoms with Crippen LogP contribution in [0, 0.1) is 0 Å². The van der Waals surface area contributed by atoms with E-state index in [1.165, 1.54) is 12.3 Å². The lowest BCUT2D eigenvalue weighted by Gasteiger charge is -2.08. The standard InChI is InChI=1S/C11H15N3O4/c1-2-18-7-6-13-11(17)14-8-4-3-5-12-9(8)10(15)16/h3-5H,2,6-7H2,1H3,(H,15,16)(H2,13,14,17). The number of carboxylic acid groups (broad SMARTS) is 1. The van der Waals surface area contributed by atoms with Crippen LogP contribution in [0.15, 0.2) is 18.3 Å². The smallest absolute Gasteiger partial charge is 0.356 e. The van der Waals surface area contributed by atoms with Gasteiger partial charge in [-0.15, -0.1) is 0 Å². The van der Waals surface area contributed by atoms with Gasteiger partial charge in [-0.2, -0.15) is 0 Å². The molecule has 3 N–H and O–H groups in total. The van der Waals surface area contributed by atoms with E-state index in [2.05, 4.69) is 15.6 Å². The normalized spacial score (nSPS) is 9.83. The number of carboxylic acids is 1. The highest BCUT2D eigenvalue weighted by atomic mass is 16.5. The Kier molecular flexibility index (Phi) is 5.59. The molecule has 0 aromatic carbocycles. The summed E-state index contributed by atoms with van der Waals surface area (Å²) in [6, 6.07) is 2.52. The number of ether oxygens (including phenoxy) is 1. The number of aromatic nitrogens is 1. The summed E-state index contributed by atoms with van der Waals surface area (Å²) in [5.41, 5.74) is -0.0450. The van der Waals surface area contributed by atoms with Crippen molar-refractivity contribution in [3.8, 4) is 0 Å². The topological polar surface area (TPSA) is 101 Å². The van der Waals surface area contributed by atoms with Crippen molar-refractivity contribution >= 4 is 17.7 Å². The molecule has 7 heteroatoms. The van der Waals surface area contributed by atoms with Crippen molar-refractivity contribution in [3.05, 3.63) is 24.0 Å². The SMILES string of the molecule is CCOCCNC(=O)Nc1cccnc1C(=O)O. The molecule has 1 aromatic rings. The van der Waals surface area contributed by atoms with Crippen molar-refractivity contribution in [1.29, 1.82) is 0 Å². The third-order valence-corrected chi connectivity index (χ3v) is 1.99. The predicted octanol–water partition coefficient (Wildman–Crippen LogP) is 0.938. The first-order valence-corrected chi connectivity index (χ1v) is 5.46. The Morgan fingerprint density at radius 2 is 2.28 bits per heavy atom. The molecular weight excluding hydrogens is 238 g/mol. The number of anilines is 1. The maximum absolute atomic E-state index is 11.5. The summed E-state index contributed by atoms with van der Waals surface area (Å²) in [5, 5.41) is 13.8. The molecule has 1 aromatic heterocycles. The fourth-order valence-corrected chi connectivity index (χ4v) is 1.22. The third-order valence-electron chi connectivity index (χ3n) is 1.99.